The molecular weight excluding hydrogens is 376 g/mol. The molecule has 2 rings (SSSR count). The Morgan fingerprint density at radius 3 is 2.26 bits per heavy atom. The standard InChI is InChI=1S/C21H28N2O2S2/c1-14(2)12-23(13-15(3)4)21(26)22-19-17(20(24)25-5)11-18(27-19)16-9-7-6-8-10-16/h6-11,14-15H,12-13H2,1-5H3,(H,22,26). The van der Waals surface area contributed by atoms with Gasteiger partial charge < -0.3 is 15.0 Å². The van der Waals surface area contributed by atoms with Crippen LogP contribution in [-0.4, -0.2) is 36.2 Å². The molecule has 4 nitrogen and oxygen atoms in total. The van der Waals surface area contributed by atoms with E-state index in [4.69, 9.17) is 17.0 Å². The van der Waals surface area contributed by atoms with Gasteiger partial charge in [-0.25, -0.2) is 4.79 Å². The van der Waals surface area contributed by atoms with E-state index in [-0.39, 0.29) is 5.97 Å². The summed E-state index contributed by atoms with van der Waals surface area (Å²) in [5.41, 5.74) is 1.57. The van der Waals surface area contributed by atoms with Crippen molar-refractivity contribution in [2.75, 3.05) is 25.5 Å². The van der Waals surface area contributed by atoms with E-state index >= 15 is 0 Å². The fraction of sp³-hybridized carbons (Fsp3) is 0.429. The van der Waals surface area contributed by atoms with Crippen molar-refractivity contribution in [3.8, 4) is 10.4 Å². The summed E-state index contributed by atoms with van der Waals surface area (Å²) in [5.74, 6) is 0.622. The molecule has 0 saturated carbocycles. The summed E-state index contributed by atoms with van der Waals surface area (Å²) in [4.78, 5) is 15.4. The van der Waals surface area contributed by atoms with Crippen LogP contribution in [0.15, 0.2) is 36.4 Å². The highest BCUT2D eigenvalue weighted by atomic mass is 32.1. The number of hydrogen-bond donors (Lipinski definition) is 1. The van der Waals surface area contributed by atoms with Crippen LogP contribution in [0.5, 0.6) is 0 Å². The van der Waals surface area contributed by atoms with E-state index in [0.717, 1.165) is 28.5 Å². The number of nitrogens with zero attached hydrogens (tertiary/aromatic N) is 1. The molecule has 27 heavy (non-hydrogen) atoms. The van der Waals surface area contributed by atoms with E-state index in [2.05, 4.69) is 37.9 Å². The van der Waals surface area contributed by atoms with E-state index in [1.54, 1.807) is 0 Å². The third-order valence-corrected chi connectivity index (χ3v) is 5.33. The number of thiocarbonyl (C=S) groups is 1. The van der Waals surface area contributed by atoms with Gasteiger partial charge in [0.1, 0.15) is 5.00 Å². The summed E-state index contributed by atoms with van der Waals surface area (Å²) in [6.45, 7) is 10.4. The van der Waals surface area contributed by atoms with Gasteiger partial charge in [0.2, 0.25) is 0 Å². The minimum absolute atomic E-state index is 0.363. The highest BCUT2D eigenvalue weighted by Crippen LogP contribution is 2.36. The number of rotatable bonds is 7. The Bertz CT molecular complexity index is 760. The lowest BCUT2D eigenvalue weighted by atomic mass is 10.1. The Hall–Kier alpha value is -1.92. The average Bonchev–Trinajstić information content (AvgIpc) is 3.04. The number of ether oxygens (including phenoxy) is 1. The van der Waals surface area contributed by atoms with Crippen molar-refractivity contribution >= 4 is 39.6 Å². The molecule has 0 aliphatic carbocycles. The van der Waals surface area contributed by atoms with Crippen molar-refractivity contribution in [3.63, 3.8) is 0 Å². The molecule has 0 fully saturated rings. The van der Waals surface area contributed by atoms with E-state index < -0.39 is 0 Å². The molecule has 6 heteroatoms. The van der Waals surface area contributed by atoms with Crippen molar-refractivity contribution < 1.29 is 9.53 Å². The van der Waals surface area contributed by atoms with Crippen LogP contribution in [0.3, 0.4) is 0 Å². The van der Waals surface area contributed by atoms with E-state index in [0.29, 0.717) is 22.5 Å². The number of hydrogen-bond acceptors (Lipinski definition) is 4. The maximum absolute atomic E-state index is 12.3. The number of thiophene rings is 1. The summed E-state index contributed by atoms with van der Waals surface area (Å²) in [6, 6.07) is 11.9. The summed E-state index contributed by atoms with van der Waals surface area (Å²) >= 11 is 7.19. The zero-order valence-corrected chi connectivity index (χ0v) is 18.2. The second-order valence-electron chi connectivity index (χ2n) is 7.33. The molecule has 2 aromatic rings. The first kappa shape index (κ1) is 21.4. The van der Waals surface area contributed by atoms with Crippen LogP contribution in [0.1, 0.15) is 38.1 Å². The normalized spacial score (nSPS) is 10.9. The minimum atomic E-state index is -0.363. The Kier molecular flexibility index (Phi) is 7.80. The fourth-order valence-corrected chi connectivity index (χ4v) is 4.15. The molecule has 0 bridgehead atoms. The summed E-state index contributed by atoms with van der Waals surface area (Å²) in [5, 5.41) is 4.67. The molecule has 1 aromatic heterocycles. The number of carbonyl (C=O) groups is 1. The Labute approximate surface area is 171 Å². The zero-order valence-electron chi connectivity index (χ0n) is 16.6. The molecule has 146 valence electrons. The lowest BCUT2D eigenvalue weighted by Crippen LogP contribution is -2.39. The molecule has 0 aliphatic rings. The van der Waals surface area contributed by atoms with Crippen LogP contribution < -0.4 is 5.32 Å². The lowest BCUT2D eigenvalue weighted by molar-refractivity contribution is 0.0602. The predicted molar refractivity (Wildman–Crippen MR) is 119 cm³/mol. The van der Waals surface area contributed by atoms with Crippen LogP contribution in [0.2, 0.25) is 0 Å². The number of anilines is 1. The highest BCUT2D eigenvalue weighted by Gasteiger charge is 2.21. The van der Waals surface area contributed by atoms with E-state index in [1.165, 1.54) is 18.4 Å². The zero-order chi connectivity index (χ0) is 20.0. The van der Waals surface area contributed by atoms with Gasteiger partial charge in [0.25, 0.3) is 0 Å². The minimum Gasteiger partial charge on any atom is -0.465 e. The quantitative estimate of drug-likeness (QED) is 0.487. The van der Waals surface area contributed by atoms with Gasteiger partial charge in [-0.1, -0.05) is 58.0 Å². The molecule has 1 N–H and O–H groups in total. The van der Waals surface area contributed by atoms with Gasteiger partial charge >= 0.3 is 5.97 Å². The van der Waals surface area contributed by atoms with Crippen molar-refractivity contribution in [1.29, 1.82) is 0 Å². The van der Waals surface area contributed by atoms with Crippen molar-refractivity contribution in [1.82, 2.24) is 4.90 Å². The van der Waals surface area contributed by atoms with E-state index in [9.17, 15) is 4.79 Å². The lowest BCUT2D eigenvalue weighted by Gasteiger charge is -2.29. The highest BCUT2D eigenvalue weighted by molar-refractivity contribution is 7.80. The molecule has 1 aromatic carbocycles. The maximum Gasteiger partial charge on any atom is 0.340 e. The van der Waals surface area contributed by atoms with Crippen molar-refractivity contribution in [2.24, 2.45) is 11.8 Å². The van der Waals surface area contributed by atoms with Gasteiger partial charge in [0.05, 0.1) is 12.7 Å². The second kappa shape index (κ2) is 9.85. The van der Waals surface area contributed by atoms with Crippen molar-refractivity contribution in [2.45, 2.75) is 27.7 Å². The van der Waals surface area contributed by atoms with Gasteiger partial charge in [0.15, 0.2) is 5.11 Å². The van der Waals surface area contributed by atoms with Crippen LogP contribution in [-0.2, 0) is 4.74 Å². The van der Waals surface area contributed by atoms with Gasteiger partial charge in [0, 0.05) is 18.0 Å². The molecule has 0 amide bonds. The van der Waals surface area contributed by atoms with Crippen LogP contribution in [0, 0.1) is 11.8 Å². The Balaban J connectivity index is 2.31. The molecule has 0 atom stereocenters. The fourth-order valence-electron chi connectivity index (χ4n) is 2.79. The molecule has 0 radical (unpaired) electrons. The van der Waals surface area contributed by atoms with Crippen LogP contribution in [0.25, 0.3) is 10.4 Å². The molecule has 0 saturated heterocycles. The third kappa shape index (κ3) is 6.04. The topological polar surface area (TPSA) is 41.6 Å². The van der Waals surface area contributed by atoms with Crippen LogP contribution >= 0.6 is 23.6 Å². The molecule has 1 heterocycles. The first-order chi connectivity index (χ1) is 12.8. The number of carbonyl (C=O) groups excluding carboxylic acids is 1. The smallest absolute Gasteiger partial charge is 0.340 e. The van der Waals surface area contributed by atoms with E-state index in [1.807, 2.05) is 36.4 Å². The van der Waals surface area contributed by atoms with Crippen molar-refractivity contribution in [3.05, 3.63) is 42.0 Å². The Morgan fingerprint density at radius 2 is 1.74 bits per heavy atom. The number of nitrogens with one attached hydrogen (secondary N) is 1. The monoisotopic (exact) mass is 404 g/mol. The summed E-state index contributed by atoms with van der Waals surface area (Å²) in [6.07, 6.45) is 0. The predicted octanol–water partition coefficient (Wildman–Crippen LogP) is 5.51. The van der Waals surface area contributed by atoms with Gasteiger partial charge in [-0.05, 0) is 35.7 Å². The first-order valence-electron chi connectivity index (χ1n) is 9.15. The summed E-state index contributed by atoms with van der Waals surface area (Å²) < 4.78 is 4.97. The molecular formula is C21H28N2O2S2. The molecule has 0 unspecified atom stereocenters. The SMILES string of the molecule is COC(=O)c1cc(-c2ccccc2)sc1NC(=S)N(CC(C)C)CC(C)C. The van der Waals surface area contributed by atoms with Gasteiger partial charge in [-0.15, -0.1) is 11.3 Å². The average molecular weight is 405 g/mol. The molecule has 0 spiro atoms. The summed E-state index contributed by atoms with van der Waals surface area (Å²) in [7, 11) is 1.40. The maximum atomic E-state index is 12.3. The van der Waals surface area contributed by atoms with Crippen LogP contribution in [0.4, 0.5) is 5.00 Å². The third-order valence-electron chi connectivity index (χ3n) is 3.87. The number of benzene rings is 1. The van der Waals surface area contributed by atoms with Gasteiger partial charge in [-0.2, -0.15) is 0 Å². The Morgan fingerprint density at radius 1 is 1.15 bits per heavy atom. The van der Waals surface area contributed by atoms with Gasteiger partial charge in [-0.3, -0.25) is 0 Å². The second-order valence-corrected chi connectivity index (χ2v) is 8.77. The molecule has 0 aliphatic heterocycles. The number of esters is 1. The largest absolute Gasteiger partial charge is 0.465 e. The number of methoxy groups -OCH3 is 1. The first-order valence-corrected chi connectivity index (χ1v) is 10.4.